The zero-order valence-corrected chi connectivity index (χ0v) is 13.3. The highest BCUT2D eigenvalue weighted by Crippen LogP contribution is 2.20. The third kappa shape index (κ3) is 3.34. The van der Waals surface area contributed by atoms with Crippen LogP contribution in [0.2, 0.25) is 5.02 Å². The van der Waals surface area contributed by atoms with Crippen molar-refractivity contribution in [2.45, 2.75) is 0 Å². The van der Waals surface area contributed by atoms with E-state index in [1.807, 2.05) is 4.90 Å². The predicted octanol–water partition coefficient (Wildman–Crippen LogP) is 1.10. The molecule has 8 heteroatoms. The Morgan fingerprint density at radius 1 is 1.35 bits per heavy atom. The summed E-state index contributed by atoms with van der Waals surface area (Å²) in [5.74, 6) is 0.0485. The van der Waals surface area contributed by atoms with Crippen molar-refractivity contribution in [2.75, 3.05) is 38.2 Å². The molecule has 0 unspecified atom stereocenters. The lowest BCUT2D eigenvalue weighted by atomic mass is 10.3. The van der Waals surface area contributed by atoms with Crippen molar-refractivity contribution in [3.8, 4) is 0 Å². The molecular formula is C15H15ClN4O3. The molecule has 1 aromatic carbocycles. The number of amides is 1. The van der Waals surface area contributed by atoms with E-state index in [2.05, 4.69) is 14.7 Å². The van der Waals surface area contributed by atoms with Crippen molar-refractivity contribution < 1.29 is 14.3 Å². The van der Waals surface area contributed by atoms with Crippen LogP contribution in [0.15, 0.2) is 24.4 Å². The first kappa shape index (κ1) is 15.5. The van der Waals surface area contributed by atoms with Crippen molar-refractivity contribution in [1.82, 2.24) is 14.9 Å². The van der Waals surface area contributed by atoms with Crippen LogP contribution in [0.25, 0.3) is 11.0 Å². The van der Waals surface area contributed by atoms with Gasteiger partial charge in [-0.05, 0) is 18.2 Å². The van der Waals surface area contributed by atoms with Crippen LogP contribution in [-0.4, -0.2) is 60.0 Å². The summed E-state index contributed by atoms with van der Waals surface area (Å²) in [7, 11) is 1.30. The minimum Gasteiger partial charge on any atom is -0.468 e. The van der Waals surface area contributed by atoms with Crippen LogP contribution in [-0.2, 0) is 14.3 Å². The molecular weight excluding hydrogens is 320 g/mol. The van der Waals surface area contributed by atoms with Gasteiger partial charge in [-0.1, -0.05) is 11.6 Å². The molecule has 2 heterocycles. The quantitative estimate of drug-likeness (QED) is 0.783. The maximum atomic E-state index is 12.2. The molecule has 1 fully saturated rings. The molecule has 0 saturated carbocycles. The molecule has 1 amide bonds. The average Bonchev–Trinajstić information content (AvgIpc) is 2.55. The van der Waals surface area contributed by atoms with E-state index < -0.39 is 5.97 Å². The van der Waals surface area contributed by atoms with Gasteiger partial charge >= 0.3 is 5.97 Å². The van der Waals surface area contributed by atoms with Crippen LogP contribution in [0.4, 0.5) is 5.82 Å². The lowest BCUT2D eigenvalue weighted by Gasteiger charge is -2.34. The molecule has 1 saturated heterocycles. The van der Waals surface area contributed by atoms with Crippen LogP contribution in [0.1, 0.15) is 0 Å². The fourth-order valence-corrected chi connectivity index (χ4v) is 2.59. The first-order valence-corrected chi connectivity index (χ1v) is 7.46. The second-order valence-electron chi connectivity index (χ2n) is 5.17. The number of halogens is 1. The summed E-state index contributed by atoms with van der Waals surface area (Å²) in [4.78, 5) is 35.6. The third-order valence-electron chi connectivity index (χ3n) is 3.68. The van der Waals surface area contributed by atoms with Gasteiger partial charge in [-0.2, -0.15) is 0 Å². The summed E-state index contributed by atoms with van der Waals surface area (Å²) in [6, 6.07) is 5.30. The highest BCUT2D eigenvalue weighted by molar-refractivity contribution is 6.31. The number of carbonyl (C=O) groups excluding carboxylic acids is 2. The van der Waals surface area contributed by atoms with Crippen molar-refractivity contribution in [1.29, 1.82) is 0 Å². The van der Waals surface area contributed by atoms with Crippen LogP contribution >= 0.6 is 11.6 Å². The minimum atomic E-state index is -0.424. The Morgan fingerprint density at radius 3 is 2.91 bits per heavy atom. The number of methoxy groups -OCH3 is 1. The van der Waals surface area contributed by atoms with E-state index in [0.29, 0.717) is 29.4 Å². The number of hydrogen-bond donors (Lipinski definition) is 0. The van der Waals surface area contributed by atoms with Crippen LogP contribution in [0.3, 0.4) is 0 Å². The first-order valence-electron chi connectivity index (χ1n) is 7.08. The van der Waals surface area contributed by atoms with Crippen molar-refractivity contribution >= 4 is 40.3 Å². The van der Waals surface area contributed by atoms with E-state index in [0.717, 1.165) is 5.52 Å². The smallest absolute Gasteiger partial charge is 0.325 e. The Hall–Kier alpha value is -2.41. The Morgan fingerprint density at radius 2 is 2.17 bits per heavy atom. The van der Waals surface area contributed by atoms with Gasteiger partial charge in [-0.25, -0.2) is 4.98 Å². The first-order chi connectivity index (χ1) is 11.1. The Balaban J connectivity index is 1.76. The number of esters is 1. The molecule has 3 rings (SSSR count). The van der Waals surface area contributed by atoms with Gasteiger partial charge in [0.25, 0.3) is 0 Å². The molecule has 1 aliphatic rings. The highest BCUT2D eigenvalue weighted by atomic mass is 35.5. The number of benzene rings is 1. The van der Waals surface area contributed by atoms with Crippen molar-refractivity contribution in [3.05, 3.63) is 29.4 Å². The van der Waals surface area contributed by atoms with E-state index in [4.69, 9.17) is 11.6 Å². The van der Waals surface area contributed by atoms with Gasteiger partial charge in [-0.15, -0.1) is 0 Å². The van der Waals surface area contributed by atoms with Crippen molar-refractivity contribution in [3.63, 3.8) is 0 Å². The maximum Gasteiger partial charge on any atom is 0.325 e. The lowest BCUT2D eigenvalue weighted by Crippen LogP contribution is -2.52. The standard InChI is InChI=1S/C15H15ClN4O3/c1-23-15(22)9-20-5-4-19(8-14(20)21)13-7-17-11-3-2-10(16)6-12(11)18-13/h2-3,6-7H,4-5,8-9H2,1H3. The molecule has 0 radical (unpaired) electrons. The molecule has 0 aliphatic carbocycles. The second-order valence-corrected chi connectivity index (χ2v) is 5.61. The molecule has 7 nitrogen and oxygen atoms in total. The second kappa shape index (κ2) is 6.37. The minimum absolute atomic E-state index is 0.0256. The van der Waals surface area contributed by atoms with Gasteiger partial charge in [0.2, 0.25) is 5.91 Å². The number of piperazine rings is 1. The molecule has 0 bridgehead atoms. The number of nitrogens with zero attached hydrogens (tertiary/aromatic N) is 4. The average molecular weight is 335 g/mol. The van der Waals surface area contributed by atoms with Crippen LogP contribution < -0.4 is 4.90 Å². The van der Waals surface area contributed by atoms with Gasteiger partial charge in [0.1, 0.15) is 12.4 Å². The van der Waals surface area contributed by atoms with Gasteiger partial charge in [-0.3, -0.25) is 14.6 Å². The summed E-state index contributed by atoms with van der Waals surface area (Å²) in [6.45, 7) is 1.13. The fraction of sp³-hybridized carbons (Fsp3) is 0.333. The van der Waals surface area contributed by atoms with Crippen molar-refractivity contribution in [2.24, 2.45) is 0 Å². The number of ether oxygens (including phenoxy) is 1. The lowest BCUT2D eigenvalue weighted by molar-refractivity contribution is -0.147. The molecule has 1 aromatic heterocycles. The fourth-order valence-electron chi connectivity index (χ4n) is 2.42. The van der Waals surface area contributed by atoms with Crippen LogP contribution in [0.5, 0.6) is 0 Å². The summed E-state index contributed by atoms with van der Waals surface area (Å²) < 4.78 is 4.59. The predicted molar refractivity (Wildman–Crippen MR) is 85.4 cm³/mol. The van der Waals surface area contributed by atoms with Crippen LogP contribution in [0, 0.1) is 0 Å². The largest absolute Gasteiger partial charge is 0.468 e. The van der Waals surface area contributed by atoms with E-state index in [9.17, 15) is 9.59 Å². The summed E-state index contributed by atoms with van der Waals surface area (Å²) in [6.07, 6.45) is 1.64. The summed E-state index contributed by atoms with van der Waals surface area (Å²) in [5, 5.41) is 0.586. The Labute approximate surface area is 137 Å². The van der Waals surface area contributed by atoms with Gasteiger partial charge in [0, 0.05) is 18.1 Å². The topological polar surface area (TPSA) is 75.6 Å². The van der Waals surface area contributed by atoms with Gasteiger partial charge in [0.15, 0.2) is 0 Å². The van der Waals surface area contributed by atoms with Gasteiger partial charge < -0.3 is 14.5 Å². The zero-order chi connectivity index (χ0) is 16.4. The molecule has 2 aromatic rings. The van der Waals surface area contributed by atoms with E-state index in [1.165, 1.54) is 12.0 Å². The summed E-state index contributed by atoms with van der Waals surface area (Å²) in [5.41, 5.74) is 1.42. The van der Waals surface area contributed by atoms with E-state index >= 15 is 0 Å². The normalized spacial score (nSPS) is 15.1. The van der Waals surface area contributed by atoms with E-state index in [1.54, 1.807) is 24.4 Å². The molecule has 23 heavy (non-hydrogen) atoms. The molecule has 0 atom stereocenters. The Bertz CT molecular complexity index is 767. The Kier molecular flexibility index (Phi) is 4.29. The van der Waals surface area contributed by atoms with Gasteiger partial charge in [0.05, 0.1) is 30.9 Å². The highest BCUT2D eigenvalue weighted by Gasteiger charge is 2.26. The summed E-state index contributed by atoms with van der Waals surface area (Å²) >= 11 is 5.98. The molecule has 0 N–H and O–H groups in total. The van der Waals surface area contributed by atoms with E-state index in [-0.39, 0.29) is 19.0 Å². The molecule has 120 valence electrons. The SMILES string of the molecule is COC(=O)CN1CCN(c2cnc3ccc(Cl)cc3n2)CC1=O. The number of hydrogen-bond acceptors (Lipinski definition) is 6. The monoisotopic (exact) mass is 334 g/mol. The number of fused-ring (bicyclic) bond motifs is 1. The number of anilines is 1. The maximum absolute atomic E-state index is 12.2. The number of rotatable bonds is 3. The third-order valence-corrected chi connectivity index (χ3v) is 3.92. The molecule has 1 aliphatic heterocycles. The number of carbonyl (C=O) groups is 2. The number of aromatic nitrogens is 2. The zero-order valence-electron chi connectivity index (χ0n) is 12.5. The molecule has 0 spiro atoms.